The Morgan fingerprint density at radius 3 is 2.61 bits per heavy atom. The van der Waals surface area contributed by atoms with Gasteiger partial charge in [-0.1, -0.05) is 36.4 Å². The van der Waals surface area contributed by atoms with Crippen LogP contribution in [0.3, 0.4) is 0 Å². The van der Waals surface area contributed by atoms with Gasteiger partial charge in [-0.3, -0.25) is 0 Å². The molecule has 8 heteroatoms. The fourth-order valence-electron chi connectivity index (χ4n) is 3.60. The monoisotopic (exact) mass is 398 g/mol. The van der Waals surface area contributed by atoms with Gasteiger partial charge in [0.05, 0.1) is 28.6 Å². The van der Waals surface area contributed by atoms with Crippen molar-refractivity contribution in [1.82, 2.24) is 9.78 Å². The lowest BCUT2D eigenvalue weighted by Gasteiger charge is -2.21. The SMILES string of the molecule is COCCc1cccc2c1S(=O)(=O)Cc1c(C(=O)O)nn(-c3ccccc3)c1-2. The van der Waals surface area contributed by atoms with E-state index in [1.165, 1.54) is 4.68 Å². The highest BCUT2D eigenvalue weighted by Crippen LogP contribution is 2.42. The molecule has 1 aliphatic rings. The van der Waals surface area contributed by atoms with Gasteiger partial charge in [0.25, 0.3) is 0 Å². The molecule has 0 fully saturated rings. The number of fused-ring (bicyclic) bond motifs is 3. The summed E-state index contributed by atoms with van der Waals surface area (Å²) in [5, 5.41) is 13.8. The summed E-state index contributed by atoms with van der Waals surface area (Å²) in [6.45, 7) is 0.386. The second-order valence-electron chi connectivity index (χ2n) is 6.52. The summed E-state index contributed by atoms with van der Waals surface area (Å²) < 4.78 is 32.8. The summed E-state index contributed by atoms with van der Waals surface area (Å²) in [6, 6.07) is 14.3. The van der Waals surface area contributed by atoms with Gasteiger partial charge in [-0.2, -0.15) is 5.10 Å². The van der Waals surface area contributed by atoms with Crippen LogP contribution >= 0.6 is 0 Å². The third-order valence-electron chi connectivity index (χ3n) is 4.76. The van der Waals surface area contributed by atoms with E-state index in [1.54, 1.807) is 37.4 Å². The molecule has 1 aromatic heterocycles. The Hall–Kier alpha value is -2.97. The summed E-state index contributed by atoms with van der Waals surface area (Å²) >= 11 is 0. The van der Waals surface area contributed by atoms with E-state index in [0.717, 1.165) is 0 Å². The summed E-state index contributed by atoms with van der Waals surface area (Å²) in [5.74, 6) is -1.64. The molecule has 4 rings (SSSR count). The van der Waals surface area contributed by atoms with Gasteiger partial charge in [-0.15, -0.1) is 0 Å². The predicted molar refractivity (Wildman–Crippen MR) is 102 cm³/mol. The van der Waals surface area contributed by atoms with Crippen molar-refractivity contribution < 1.29 is 23.1 Å². The molecule has 7 nitrogen and oxygen atoms in total. The third-order valence-corrected chi connectivity index (χ3v) is 6.53. The molecule has 0 unspecified atom stereocenters. The van der Waals surface area contributed by atoms with Gasteiger partial charge in [-0.05, 0) is 24.1 Å². The maximum Gasteiger partial charge on any atom is 0.356 e. The molecule has 0 saturated carbocycles. The number of para-hydroxylation sites is 1. The smallest absolute Gasteiger partial charge is 0.356 e. The van der Waals surface area contributed by atoms with Crippen molar-refractivity contribution >= 4 is 15.8 Å². The summed E-state index contributed by atoms with van der Waals surface area (Å²) in [5.41, 5.74) is 2.27. The lowest BCUT2D eigenvalue weighted by atomic mass is 10.0. The zero-order valence-electron chi connectivity index (χ0n) is 15.1. The minimum absolute atomic E-state index is 0.216. The van der Waals surface area contributed by atoms with Gasteiger partial charge in [0.2, 0.25) is 0 Å². The Morgan fingerprint density at radius 2 is 1.93 bits per heavy atom. The van der Waals surface area contributed by atoms with Crippen molar-refractivity contribution in [2.24, 2.45) is 0 Å². The number of sulfone groups is 1. The molecule has 0 aliphatic carbocycles. The van der Waals surface area contributed by atoms with E-state index in [1.807, 2.05) is 18.2 Å². The first-order chi connectivity index (χ1) is 13.4. The summed E-state index contributed by atoms with van der Waals surface area (Å²) in [4.78, 5) is 12.0. The highest BCUT2D eigenvalue weighted by atomic mass is 32.2. The highest BCUT2D eigenvalue weighted by molar-refractivity contribution is 7.91. The largest absolute Gasteiger partial charge is 0.476 e. The highest BCUT2D eigenvalue weighted by Gasteiger charge is 2.37. The molecule has 0 spiro atoms. The van der Waals surface area contributed by atoms with Crippen molar-refractivity contribution in [3.8, 4) is 16.9 Å². The Labute approximate surface area is 162 Å². The number of hydrogen-bond acceptors (Lipinski definition) is 5. The van der Waals surface area contributed by atoms with Crippen LogP contribution in [0.15, 0.2) is 53.4 Å². The summed E-state index contributed by atoms with van der Waals surface area (Å²) in [7, 11) is -2.15. The number of carbonyl (C=O) groups is 1. The molecule has 2 heterocycles. The molecule has 0 radical (unpaired) electrons. The van der Waals surface area contributed by atoms with Crippen LogP contribution in [-0.2, 0) is 26.7 Å². The Morgan fingerprint density at radius 1 is 1.18 bits per heavy atom. The van der Waals surface area contributed by atoms with Gasteiger partial charge in [0.1, 0.15) is 0 Å². The number of benzene rings is 2. The topological polar surface area (TPSA) is 98.5 Å². The van der Waals surface area contributed by atoms with Crippen LogP contribution in [0.2, 0.25) is 0 Å². The van der Waals surface area contributed by atoms with Crippen molar-refractivity contribution in [1.29, 1.82) is 0 Å². The van der Waals surface area contributed by atoms with Crippen LogP contribution < -0.4 is 0 Å². The van der Waals surface area contributed by atoms with Crippen LogP contribution in [0.1, 0.15) is 21.6 Å². The molecule has 1 aliphatic heterocycles. The number of ether oxygens (including phenoxy) is 1. The molecule has 1 N–H and O–H groups in total. The second kappa shape index (κ2) is 6.88. The maximum atomic E-state index is 13.1. The molecular formula is C20H18N2O5S. The molecular weight excluding hydrogens is 380 g/mol. The lowest BCUT2D eigenvalue weighted by molar-refractivity contribution is 0.0689. The van der Waals surface area contributed by atoms with Crippen molar-refractivity contribution in [2.75, 3.05) is 13.7 Å². The number of aromatic carboxylic acids is 1. The first kappa shape index (κ1) is 18.4. The molecule has 3 aromatic rings. The van der Waals surface area contributed by atoms with Gasteiger partial charge in [0, 0.05) is 18.2 Å². The average Bonchev–Trinajstić information content (AvgIpc) is 3.05. The quantitative estimate of drug-likeness (QED) is 0.710. The number of hydrogen-bond donors (Lipinski definition) is 1. The van der Waals surface area contributed by atoms with Gasteiger partial charge >= 0.3 is 5.97 Å². The molecule has 0 amide bonds. The molecule has 0 saturated heterocycles. The lowest BCUT2D eigenvalue weighted by Crippen LogP contribution is -2.18. The van der Waals surface area contributed by atoms with Crippen LogP contribution in [0, 0.1) is 0 Å². The zero-order valence-corrected chi connectivity index (χ0v) is 15.9. The zero-order chi connectivity index (χ0) is 19.9. The van der Waals surface area contributed by atoms with E-state index in [-0.39, 0.29) is 16.2 Å². The number of rotatable bonds is 5. The normalized spacial score (nSPS) is 14.3. The van der Waals surface area contributed by atoms with E-state index in [0.29, 0.717) is 35.5 Å². The van der Waals surface area contributed by atoms with Gasteiger partial charge < -0.3 is 9.84 Å². The minimum atomic E-state index is -3.71. The van der Waals surface area contributed by atoms with Gasteiger partial charge in [-0.25, -0.2) is 17.9 Å². The number of carboxylic acids is 1. The van der Waals surface area contributed by atoms with E-state index in [4.69, 9.17) is 4.74 Å². The molecule has 0 bridgehead atoms. The Balaban J connectivity index is 2.05. The Kier molecular flexibility index (Phi) is 4.52. The van der Waals surface area contributed by atoms with Crippen LogP contribution in [-0.4, -0.2) is 43.0 Å². The van der Waals surface area contributed by atoms with Crippen LogP contribution in [0.5, 0.6) is 0 Å². The average molecular weight is 398 g/mol. The number of aromatic nitrogens is 2. The summed E-state index contributed by atoms with van der Waals surface area (Å²) in [6.07, 6.45) is 0.444. The van der Waals surface area contributed by atoms with Crippen LogP contribution in [0.25, 0.3) is 16.9 Å². The fraction of sp³-hybridized carbons (Fsp3) is 0.200. The van der Waals surface area contributed by atoms with Crippen molar-refractivity contribution in [2.45, 2.75) is 17.1 Å². The third kappa shape index (κ3) is 2.90. The first-order valence-corrected chi connectivity index (χ1v) is 10.3. The van der Waals surface area contributed by atoms with E-state index >= 15 is 0 Å². The number of methoxy groups -OCH3 is 1. The van der Waals surface area contributed by atoms with Crippen LogP contribution in [0.4, 0.5) is 0 Å². The molecule has 28 heavy (non-hydrogen) atoms. The number of carboxylic acid groups (broad SMARTS) is 1. The predicted octanol–water partition coefficient (Wildman–Crippen LogP) is 2.71. The van der Waals surface area contributed by atoms with E-state index in [2.05, 4.69) is 5.10 Å². The standard InChI is InChI=1S/C20H18N2O5S/c1-27-11-10-13-6-5-9-15-18-16(12-28(25,26)19(13)15)17(20(23)24)21-22(18)14-7-3-2-4-8-14/h2-9H,10-12H2,1H3,(H,23,24). The number of nitrogens with zero attached hydrogens (tertiary/aromatic N) is 2. The first-order valence-electron chi connectivity index (χ1n) is 8.68. The maximum absolute atomic E-state index is 13.1. The van der Waals surface area contributed by atoms with E-state index < -0.39 is 21.6 Å². The van der Waals surface area contributed by atoms with Crippen molar-refractivity contribution in [3.05, 3.63) is 65.4 Å². The molecule has 144 valence electrons. The second-order valence-corrected chi connectivity index (χ2v) is 8.45. The van der Waals surface area contributed by atoms with Gasteiger partial charge in [0.15, 0.2) is 15.5 Å². The molecule has 2 aromatic carbocycles. The molecule has 0 atom stereocenters. The Bertz CT molecular complexity index is 1170. The minimum Gasteiger partial charge on any atom is -0.476 e. The van der Waals surface area contributed by atoms with E-state index in [9.17, 15) is 18.3 Å². The van der Waals surface area contributed by atoms with Crippen molar-refractivity contribution in [3.63, 3.8) is 0 Å². The fourth-order valence-corrected chi connectivity index (χ4v) is 5.47.